The number of aromatic nitrogens is 1. The molecule has 0 spiro atoms. The van der Waals surface area contributed by atoms with E-state index in [2.05, 4.69) is 240 Å². The van der Waals surface area contributed by atoms with Gasteiger partial charge in [-0.05, 0) is 123 Å². The van der Waals surface area contributed by atoms with Gasteiger partial charge in [-0.25, -0.2) is 0 Å². The molecule has 0 aliphatic heterocycles. The van der Waals surface area contributed by atoms with Crippen LogP contribution >= 0.6 is 0 Å². The third-order valence-electron chi connectivity index (χ3n) is 12.4. The maximum absolute atomic E-state index is 6.19. The van der Waals surface area contributed by atoms with Gasteiger partial charge in [0.2, 0.25) is 0 Å². The Hall–Kier alpha value is -8.40. The molecule has 0 N–H and O–H groups in total. The second-order valence-electron chi connectivity index (χ2n) is 16.1. The molecule has 0 aliphatic carbocycles. The second kappa shape index (κ2) is 15.3. The molecule has 12 aromatic rings. The van der Waals surface area contributed by atoms with Crippen molar-refractivity contribution in [2.24, 2.45) is 0 Å². The molecule has 0 fully saturated rings. The van der Waals surface area contributed by atoms with E-state index in [1.807, 2.05) is 12.1 Å². The summed E-state index contributed by atoms with van der Waals surface area (Å²) in [5, 5.41) is 4.82. The summed E-state index contributed by atoms with van der Waals surface area (Å²) in [5.74, 6) is 0. The van der Waals surface area contributed by atoms with Crippen molar-refractivity contribution in [1.82, 2.24) is 4.57 Å². The normalized spacial score (nSPS) is 11.5. The van der Waals surface area contributed by atoms with Crippen LogP contribution in [0.4, 0.5) is 17.1 Å². The highest BCUT2D eigenvalue weighted by atomic mass is 16.3. The number of furan rings is 1. The molecule has 0 amide bonds. The average Bonchev–Trinajstić information content (AvgIpc) is 3.91. The van der Waals surface area contributed by atoms with Crippen molar-refractivity contribution < 1.29 is 4.42 Å². The molecule has 10 aromatic carbocycles. The lowest BCUT2D eigenvalue weighted by molar-refractivity contribution is 0.669. The molecular formula is C60H40N2O. The summed E-state index contributed by atoms with van der Waals surface area (Å²) < 4.78 is 8.57. The van der Waals surface area contributed by atoms with Gasteiger partial charge < -0.3 is 13.9 Å². The van der Waals surface area contributed by atoms with Crippen LogP contribution in [0.2, 0.25) is 0 Å². The van der Waals surface area contributed by atoms with Crippen LogP contribution in [0.1, 0.15) is 0 Å². The first kappa shape index (κ1) is 36.5. The van der Waals surface area contributed by atoms with Crippen LogP contribution < -0.4 is 4.90 Å². The third kappa shape index (κ3) is 6.55. The van der Waals surface area contributed by atoms with Crippen LogP contribution in [0.5, 0.6) is 0 Å². The molecule has 2 aromatic heterocycles. The van der Waals surface area contributed by atoms with Gasteiger partial charge >= 0.3 is 0 Å². The smallest absolute Gasteiger partial charge is 0.136 e. The van der Waals surface area contributed by atoms with E-state index < -0.39 is 0 Å². The van der Waals surface area contributed by atoms with E-state index in [-0.39, 0.29) is 0 Å². The van der Waals surface area contributed by atoms with Crippen LogP contribution in [0.15, 0.2) is 247 Å². The molecule has 3 nitrogen and oxygen atoms in total. The number of para-hydroxylation sites is 3. The van der Waals surface area contributed by atoms with Crippen molar-refractivity contribution in [3.05, 3.63) is 243 Å². The Bertz CT molecular complexity index is 3530. The monoisotopic (exact) mass is 804 g/mol. The zero-order valence-corrected chi connectivity index (χ0v) is 34.4. The molecule has 0 bridgehead atoms. The van der Waals surface area contributed by atoms with Crippen molar-refractivity contribution in [1.29, 1.82) is 0 Å². The Morgan fingerprint density at radius 2 is 0.667 bits per heavy atom. The number of anilines is 3. The molecule has 3 heteroatoms. The van der Waals surface area contributed by atoms with Gasteiger partial charge in [-0.2, -0.15) is 0 Å². The largest absolute Gasteiger partial charge is 0.456 e. The van der Waals surface area contributed by atoms with Crippen LogP contribution in [-0.2, 0) is 0 Å². The van der Waals surface area contributed by atoms with Gasteiger partial charge in [0.15, 0.2) is 0 Å². The zero-order valence-electron chi connectivity index (χ0n) is 34.4. The van der Waals surface area contributed by atoms with E-state index in [0.29, 0.717) is 0 Å². The molecule has 0 aliphatic rings. The summed E-state index contributed by atoms with van der Waals surface area (Å²) in [6, 6.07) is 87.1. The van der Waals surface area contributed by atoms with Gasteiger partial charge in [0.1, 0.15) is 11.2 Å². The molecule has 296 valence electrons. The molecule has 12 rings (SSSR count). The zero-order chi connectivity index (χ0) is 41.7. The van der Waals surface area contributed by atoms with E-state index in [4.69, 9.17) is 4.42 Å². The molecule has 0 unspecified atom stereocenters. The lowest BCUT2D eigenvalue weighted by Gasteiger charge is -2.26. The summed E-state index contributed by atoms with van der Waals surface area (Å²) in [4.78, 5) is 2.34. The van der Waals surface area contributed by atoms with Crippen molar-refractivity contribution in [3.63, 3.8) is 0 Å². The SMILES string of the molecule is c1ccc(-c2ccc(N(c3ccc(-c4ccc(-c5ccc6c(c5)oc5ccccc56)cc4)cc3)c3ccc(-c4cccc(-n5c6ccccc6c6ccccc65)c4)cc3)cc2)cc1. The maximum Gasteiger partial charge on any atom is 0.136 e. The van der Waals surface area contributed by atoms with Gasteiger partial charge in [0.25, 0.3) is 0 Å². The maximum atomic E-state index is 6.19. The summed E-state index contributed by atoms with van der Waals surface area (Å²) in [6.07, 6.45) is 0. The summed E-state index contributed by atoms with van der Waals surface area (Å²) in [7, 11) is 0. The number of nitrogens with zero attached hydrogens (tertiary/aromatic N) is 2. The first-order chi connectivity index (χ1) is 31.2. The Balaban J connectivity index is 0.864. The minimum Gasteiger partial charge on any atom is -0.456 e. The second-order valence-corrected chi connectivity index (χ2v) is 16.1. The van der Waals surface area contributed by atoms with E-state index in [0.717, 1.165) is 66.9 Å². The summed E-state index contributed by atoms with van der Waals surface area (Å²) >= 11 is 0. The number of rotatable bonds is 8. The van der Waals surface area contributed by atoms with E-state index >= 15 is 0 Å². The van der Waals surface area contributed by atoms with Gasteiger partial charge in [-0.3, -0.25) is 0 Å². The van der Waals surface area contributed by atoms with Crippen LogP contribution in [-0.4, -0.2) is 4.57 Å². The van der Waals surface area contributed by atoms with E-state index in [1.165, 1.54) is 44.1 Å². The highest BCUT2D eigenvalue weighted by Crippen LogP contribution is 2.39. The fourth-order valence-corrected chi connectivity index (χ4v) is 9.27. The van der Waals surface area contributed by atoms with E-state index in [1.54, 1.807) is 0 Å². The molecule has 63 heavy (non-hydrogen) atoms. The molecule has 2 heterocycles. The average molecular weight is 805 g/mol. The van der Waals surface area contributed by atoms with Crippen molar-refractivity contribution in [3.8, 4) is 50.2 Å². The van der Waals surface area contributed by atoms with Crippen LogP contribution in [0.3, 0.4) is 0 Å². The minimum absolute atomic E-state index is 0.909. The van der Waals surface area contributed by atoms with E-state index in [9.17, 15) is 0 Å². The Morgan fingerprint density at radius 1 is 0.270 bits per heavy atom. The lowest BCUT2D eigenvalue weighted by Crippen LogP contribution is -2.09. The third-order valence-corrected chi connectivity index (χ3v) is 12.4. The fourth-order valence-electron chi connectivity index (χ4n) is 9.27. The number of hydrogen-bond acceptors (Lipinski definition) is 2. The number of fused-ring (bicyclic) bond motifs is 6. The minimum atomic E-state index is 0.909. The molecule has 0 radical (unpaired) electrons. The van der Waals surface area contributed by atoms with Crippen LogP contribution in [0.25, 0.3) is 93.9 Å². The van der Waals surface area contributed by atoms with Crippen LogP contribution in [0, 0.1) is 0 Å². The first-order valence-corrected chi connectivity index (χ1v) is 21.5. The molecule has 0 saturated heterocycles. The van der Waals surface area contributed by atoms with Crippen molar-refractivity contribution >= 4 is 60.8 Å². The van der Waals surface area contributed by atoms with Gasteiger partial charge in [-0.15, -0.1) is 0 Å². The Labute approximate surface area is 366 Å². The predicted molar refractivity (Wildman–Crippen MR) is 264 cm³/mol. The molecule has 0 atom stereocenters. The summed E-state index contributed by atoms with van der Waals surface area (Å²) in [5.41, 5.74) is 18.0. The number of hydrogen-bond donors (Lipinski definition) is 0. The van der Waals surface area contributed by atoms with Gasteiger partial charge in [0.05, 0.1) is 11.0 Å². The quantitative estimate of drug-likeness (QED) is 0.153. The number of benzene rings is 10. The molecular weight excluding hydrogens is 765 g/mol. The Kier molecular flexibility index (Phi) is 8.83. The fraction of sp³-hybridized carbons (Fsp3) is 0. The summed E-state index contributed by atoms with van der Waals surface area (Å²) in [6.45, 7) is 0. The molecule has 0 saturated carbocycles. The van der Waals surface area contributed by atoms with Gasteiger partial charge in [0, 0.05) is 44.3 Å². The highest BCUT2D eigenvalue weighted by Gasteiger charge is 2.16. The highest BCUT2D eigenvalue weighted by molar-refractivity contribution is 6.09. The predicted octanol–water partition coefficient (Wildman–Crippen LogP) is 16.8. The van der Waals surface area contributed by atoms with Gasteiger partial charge in [-0.1, -0.05) is 164 Å². The first-order valence-electron chi connectivity index (χ1n) is 21.5. The van der Waals surface area contributed by atoms with Crippen molar-refractivity contribution in [2.45, 2.75) is 0 Å². The standard InChI is InChI=1S/C60H40N2O/c1-2-11-41(12-3-1)43-25-32-49(33-26-43)61(50-34-27-44(28-35-50)42-21-23-45(24-22-42)48-31-38-56-55-17-6-9-20-59(55)63-60(56)40-48)51-36-29-46(30-37-51)47-13-10-14-52(39-47)62-57-18-7-4-15-53(57)54-16-5-8-19-58(54)62/h1-40H. The van der Waals surface area contributed by atoms with Crippen molar-refractivity contribution in [2.75, 3.05) is 4.90 Å². The lowest BCUT2D eigenvalue weighted by atomic mass is 9.99. The topological polar surface area (TPSA) is 21.3 Å². The Morgan fingerprint density at radius 3 is 1.24 bits per heavy atom.